The van der Waals surface area contributed by atoms with Gasteiger partial charge in [-0.3, -0.25) is 4.79 Å². The Morgan fingerprint density at radius 3 is 2.41 bits per heavy atom. The van der Waals surface area contributed by atoms with Gasteiger partial charge in [-0.15, -0.1) is 0 Å². The number of aromatic nitrogens is 4. The van der Waals surface area contributed by atoms with Gasteiger partial charge in [-0.25, -0.2) is 14.6 Å². The molecule has 1 atom stereocenters. The highest BCUT2D eigenvalue weighted by Crippen LogP contribution is 2.35. The van der Waals surface area contributed by atoms with Crippen molar-refractivity contribution in [3.63, 3.8) is 0 Å². The Hall–Kier alpha value is -4.72. The van der Waals surface area contributed by atoms with Crippen molar-refractivity contribution in [1.82, 2.24) is 24.6 Å². The summed E-state index contributed by atoms with van der Waals surface area (Å²) in [6.45, 7) is 1.35. The van der Waals surface area contributed by atoms with Crippen LogP contribution in [0.15, 0.2) is 91.3 Å². The van der Waals surface area contributed by atoms with Crippen LogP contribution in [0, 0.1) is 0 Å². The van der Waals surface area contributed by atoms with Crippen LogP contribution in [-0.4, -0.2) is 43.6 Å². The molecule has 1 saturated heterocycles. The van der Waals surface area contributed by atoms with E-state index < -0.39 is 0 Å². The molecule has 0 bridgehead atoms. The largest absolute Gasteiger partial charge is 0.457 e. The van der Waals surface area contributed by atoms with Crippen molar-refractivity contribution in [2.24, 2.45) is 0 Å². The predicted molar refractivity (Wildman–Crippen MR) is 151 cm³/mol. The first kappa shape index (κ1) is 24.6. The maximum absolute atomic E-state index is 13.1. The lowest BCUT2D eigenvalue weighted by molar-refractivity contribution is -0.132. The van der Waals surface area contributed by atoms with Crippen LogP contribution >= 0.6 is 0 Å². The second kappa shape index (κ2) is 10.9. The second-order valence-electron chi connectivity index (χ2n) is 9.81. The van der Waals surface area contributed by atoms with Gasteiger partial charge in [-0.05, 0) is 61.2 Å². The Morgan fingerprint density at radius 1 is 0.923 bits per heavy atom. The van der Waals surface area contributed by atoms with E-state index in [9.17, 15) is 4.79 Å². The highest BCUT2D eigenvalue weighted by Gasteiger charge is 2.28. The average Bonchev–Trinajstić information content (AvgIpc) is 3.38. The molecule has 196 valence electrons. The van der Waals surface area contributed by atoms with Crippen molar-refractivity contribution in [1.29, 1.82) is 0 Å². The molecule has 8 heteroatoms. The van der Waals surface area contributed by atoms with E-state index in [-0.39, 0.29) is 11.9 Å². The highest BCUT2D eigenvalue weighted by atomic mass is 16.5. The van der Waals surface area contributed by atoms with Crippen LogP contribution in [0.25, 0.3) is 22.3 Å². The number of benzene rings is 3. The molecule has 2 N–H and O–H groups in total. The van der Waals surface area contributed by atoms with Crippen LogP contribution in [0.5, 0.6) is 11.5 Å². The van der Waals surface area contributed by atoms with Gasteiger partial charge in [-0.2, -0.15) is 5.10 Å². The summed E-state index contributed by atoms with van der Waals surface area (Å²) >= 11 is 0. The third-order valence-electron chi connectivity index (χ3n) is 7.19. The maximum atomic E-state index is 13.1. The highest BCUT2D eigenvalue weighted by molar-refractivity contribution is 5.98. The van der Waals surface area contributed by atoms with E-state index in [1.165, 1.54) is 11.9 Å². The Kier molecular flexibility index (Phi) is 6.91. The smallest absolute Gasteiger partial charge is 0.222 e. The Balaban J connectivity index is 1.24. The summed E-state index contributed by atoms with van der Waals surface area (Å²) in [5.74, 6) is 2.06. The number of nitrogens with zero attached hydrogens (tertiary/aromatic N) is 5. The van der Waals surface area contributed by atoms with Gasteiger partial charge in [0.2, 0.25) is 5.91 Å². The number of likely N-dealkylation sites (tertiary alicyclic amines) is 1. The SMILES string of the molecule is Nc1ncnc2c1c(-c1ccc(Oc3ccccc3)cc1)nn2C1CCCN(C(=O)CCc2ccccc2)C1. The topological polar surface area (TPSA) is 99.2 Å². The summed E-state index contributed by atoms with van der Waals surface area (Å²) in [5.41, 5.74) is 9.83. The van der Waals surface area contributed by atoms with Gasteiger partial charge >= 0.3 is 0 Å². The normalized spacial score (nSPS) is 15.4. The summed E-state index contributed by atoms with van der Waals surface area (Å²) in [6.07, 6.45) is 4.52. The van der Waals surface area contributed by atoms with Gasteiger partial charge < -0.3 is 15.4 Å². The number of piperidine rings is 1. The number of ether oxygens (including phenoxy) is 1. The molecule has 0 spiro atoms. The van der Waals surface area contributed by atoms with Crippen molar-refractivity contribution in [2.75, 3.05) is 18.8 Å². The van der Waals surface area contributed by atoms with Crippen LogP contribution in [0.1, 0.15) is 30.9 Å². The third kappa shape index (κ3) is 5.31. The Morgan fingerprint density at radius 2 is 1.64 bits per heavy atom. The van der Waals surface area contributed by atoms with E-state index in [0.717, 1.165) is 53.9 Å². The van der Waals surface area contributed by atoms with E-state index in [4.69, 9.17) is 15.6 Å². The zero-order valence-electron chi connectivity index (χ0n) is 21.6. The number of anilines is 1. The molecule has 6 rings (SSSR count). The number of carbonyl (C=O) groups excluding carboxylic acids is 1. The maximum Gasteiger partial charge on any atom is 0.222 e. The molecule has 5 aromatic rings. The molecule has 1 unspecified atom stereocenters. The van der Waals surface area contributed by atoms with Gasteiger partial charge in [0, 0.05) is 25.1 Å². The molecule has 3 heterocycles. The second-order valence-corrected chi connectivity index (χ2v) is 9.81. The van der Waals surface area contributed by atoms with E-state index in [2.05, 4.69) is 22.1 Å². The van der Waals surface area contributed by atoms with Crippen LogP contribution in [0.3, 0.4) is 0 Å². The van der Waals surface area contributed by atoms with Crippen LogP contribution in [0.4, 0.5) is 5.82 Å². The predicted octanol–water partition coefficient (Wildman–Crippen LogP) is 5.66. The number of carbonyl (C=O) groups is 1. The standard InChI is InChI=1S/C31H30N6O2/c32-30-28-29(23-14-16-26(17-15-23)39-25-11-5-2-6-12-25)35-37(31(28)34-21-33-30)24-10-7-19-36(20-24)27(38)18-13-22-8-3-1-4-9-22/h1-6,8-9,11-12,14-17,21,24H,7,10,13,18-20H2,(H2,32,33,34). The van der Waals surface area contributed by atoms with Gasteiger partial charge in [0.1, 0.15) is 29.3 Å². The fraction of sp³-hybridized carbons (Fsp3) is 0.226. The van der Waals surface area contributed by atoms with Crippen molar-refractivity contribution >= 4 is 22.8 Å². The lowest BCUT2D eigenvalue weighted by Crippen LogP contribution is -2.41. The van der Waals surface area contributed by atoms with Crippen LogP contribution < -0.4 is 10.5 Å². The van der Waals surface area contributed by atoms with Crippen molar-refractivity contribution in [3.8, 4) is 22.8 Å². The van der Waals surface area contributed by atoms with Gasteiger partial charge in [-0.1, -0.05) is 48.5 Å². The molecule has 0 radical (unpaired) electrons. The third-order valence-corrected chi connectivity index (χ3v) is 7.19. The fourth-order valence-electron chi connectivity index (χ4n) is 5.19. The van der Waals surface area contributed by atoms with Crippen LogP contribution in [-0.2, 0) is 11.2 Å². The molecule has 3 aromatic carbocycles. The van der Waals surface area contributed by atoms with Crippen molar-refractivity contribution in [2.45, 2.75) is 31.7 Å². The number of amides is 1. The summed E-state index contributed by atoms with van der Waals surface area (Å²) in [7, 11) is 0. The number of hydrogen-bond acceptors (Lipinski definition) is 6. The number of hydrogen-bond donors (Lipinski definition) is 1. The molecule has 8 nitrogen and oxygen atoms in total. The number of rotatable bonds is 7. The molecule has 1 amide bonds. The van der Waals surface area contributed by atoms with E-state index >= 15 is 0 Å². The Bertz CT molecular complexity index is 1570. The quantitative estimate of drug-likeness (QED) is 0.298. The van der Waals surface area contributed by atoms with Gasteiger partial charge in [0.05, 0.1) is 11.4 Å². The van der Waals surface area contributed by atoms with E-state index in [1.54, 1.807) is 0 Å². The number of nitrogen functional groups attached to an aromatic ring is 1. The lowest BCUT2D eigenvalue weighted by atomic mass is 10.0. The first-order chi connectivity index (χ1) is 19.2. The number of aryl methyl sites for hydroxylation is 1. The van der Waals surface area contributed by atoms with Crippen molar-refractivity contribution < 1.29 is 9.53 Å². The molecule has 39 heavy (non-hydrogen) atoms. The monoisotopic (exact) mass is 518 g/mol. The number of para-hydroxylation sites is 1. The van der Waals surface area contributed by atoms with E-state index in [1.807, 2.05) is 82.4 Å². The summed E-state index contributed by atoms with van der Waals surface area (Å²) in [4.78, 5) is 23.9. The first-order valence-corrected chi connectivity index (χ1v) is 13.3. The number of fused-ring (bicyclic) bond motifs is 1. The summed E-state index contributed by atoms with van der Waals surface area (Å²) in [5, 5.41) is 5.72. The van der Waals surface area contributed by atoms with Gasteiger partial charge in [0.15, 0.2) is 5.65 Å². The molecule has 1 fully saturated rings. The minimum absolute atomic E-state index is 0.00524. The zero-order valence-corrected chi connectivity index (χ0v) is 21.6. The fourth-order valence-corrected chi connectivity index (χ4v) is 5.19. The summed E-state index contributed by atoms with van der Waals surface area (Å²) in [6, 6.07) is 27.6. The minimum atomic E-state index is 0.00524. The van der Waals surface area contributed by atoms with Crippen molar-refractivity contribution in [3.05, 3.63) is 96.8 Å². The molecule has 2 aromatic heterocycles. The lowest BCUT2D eigenvalue weighted by Gasteiger charge is -2.33. The molecule has 1 aliphatic heterocycles. The molecular formula is C31H30N6O2. The first-order valence-electron chi connectivity index (χ1n) is 13.3. The molecule has 1 aliphatic rings. The summed E-state index contributed by atoms with van der Waals surface area (Å²) < 4.78 is 7.89. The Labute approximate surface area is 227 Å². The molecular weight excluding hydrogens is 488 g/mol. The minimum Gasteiger partial charge on any atom is -0.457 e. The molecule has 0 aliphatic carbocycles. The van der Waals surface area contributed by atoms with Gasteiger partial charge in [0.25, 0.3) is 0 Å². The average molecular weight is 519 g/mol. The molecule has 0 saturated carbocycles. The zero-order chi connectivity index (χ0) is 26.6. The van der Waals surface area contributed by atoms with Crippen LogP contribution in [0.2, 0.25) is 0 Å². The van der Waals surface area contributed by atoms with E-state index in [0.29, 0.717) is 24.4 Å². The number of nitrogens with two attached hydrogens (primary N) is 1.